The minimum Gasteiger partial charge on any atom is -0.356 e. The Labute approximate surface area is 149 Å². The zero-order valence-corrected chi connectivity index (χ0v) is 16.6. The minimum absolute atomic E-state index is 0.522. The summed E-state index contributed by atoms with van der Waals surface area (Å²) >= 11 is 3.87. The second-order valence-electron chi connectivity index (χ2n) is 6.66. The summed E-state index contributed by atoms with van der Waals surface area (Å²) in [6.45, 7) is 12.1. The Balaban J connectivity index is 1.82. The van der Waals surface area contributed by atoms with E-state index in [4.69, 9.17) is 4.98 Å². The fourth-order valence-electron chi connectivity index (χ4n) is 2.61. The summed E-state index contributed by atoms with van der Waals surface area (Å²) in [7, 11) is 1.88. The molecule has 0 spiro atoms. The van der Waals surface area contributed by atoms with Crippen molar-refractivity contribution in [2.24, 2.45) is 10.9 Å². The van der Waals surface area contributed by atoms with E-state index in [1.165, 1.54) is 16.5 Å². The van der Waals surface area contributed by atoms with E-state index in [2.05, 4.69) is 60.0 Å². The number of hydrogen-bond donors (Lipinski definition) is 1. The third-order valence-corrected chi connectivity index (χ3v) is 6.81. The highest BCUT2D eigenvalue weighted by atomic mass is 32.2. The number of nitrogens with one attached hydrogen (secondary N) is 1. The van der Waals surface area contributed by atoms with Gasteiger partial charge in [0.2, 0.25) is 0 Å². The summed E-state index contributed by atoms with van der Waals surface area (Å²) in [5, 5.41) is 7.64. The summed E-state index contributed by atoms with van der Waals surface area (Å²) in [6.07, 6.45) is 0.957. The second-order valence-corrected chi connectivity index (χ2v) is 8.89. The molecule has 23 heavy (non-hydrogen) atoms. The lowest BCUT2D eigenvalue weighted by Crippen LogP contribution is -2.49. The third kappa shape index (κ3) is 5.38. The van der Waals surface area contributed by atoms with Crippen molar-refractivity contribution in [1.82, 2.24) is 15.2 Å². The van der Waals surface area contributed by atoms with E-state index < -0.39 is 0 Å². The summed E-state index contributed by atoms with van der Waals surface area (Å²) in [5.74, 6) is 3.46. The Morgan fingerprint density at radius 2 is 2.22 bits per heavy atom. The second kappa shape index (κ2) is 8.92. The van der Waals surface area contributed by atoms with E-state index >= 15 is 0 Å². The molecule has 0 bridgehead atoms. The summed E-state index contributed by atoms with van der Waals surface area (Å²) in [6, 6.07) is 0. The van der Waals surface area contributed by atoms with Crippen molar-refractivity contribution in [3.63, 3.8) is 0 Å². The Hall–Kier alpha value is -0.750. The molecular formula is C17H30N4S2. The highest BCUT2D eigenvalue weighted by Crippen LogP contribution is 2.25. The monoisotopic (exact) mass is 354 g/mol. The maximum absolute atomic E-state index is 4.70. The molecule has 1 aliphatic heterocycles. The SMILES string of the molecule is CN=C(NCCc1csc(C(C)C)n1)N1CCSC(C(C)C)C1. The summed E-state index contributed by atoms with van der Waals surface area (Å²) in [5.41, 5.74) is 1.19. The lowest BCUT2D eigenvalue weighted by atomic mass is 10.1. The van der Waals surface area contributed by atoms with Crippen LogP contribution in [0.5, 0.6) is 0 Å². The molecule has 1 saturated heterocycles. The molecule has 0 aromatic carbocycles. The van der Waals surface area contributed by atoms with Crippen molar-refractivity contribution in [3.05, 3.63) is 16.1 Å². The molecule has 0 saturated carbocycles. The van der Waals surface area contributed by atoms with Gasteiger partial charge in [-0.05, 0) is 5.92 Å². The number of guanidine groups is 1. The zero-order chi connectivity index (χ0) is 16.8. The molecule has 1 fully saturated rings. The van der Waals surface area contributed by atoms with Gasteiger partial charge >= 0.3 is 0 Å². The quantitative estimate of drug-likeness (QED) is 0.649. The van der Waals surface area contributed by atoms with Crippen LogP contribution in [0.2, 0.25) is 0 Å². The number of rotatable bonds is 5. The molecule has 0 radical (unpaired) electrons. The van der Waals surface area contributed by atoms with Gasteiger partial charge in [0.25, 0.3) is 0 Å². The van der Waals surface area contributed by atoms with Crippen LogP contribution >= 0.6 is 23.1 Å². The van der Waals surface area contributed by atoms with Crippen molar-refractivity contribution in [1.29, 1.82) is 0 Å². The van der Waals surface area contributed by atoms with Crippen molar-refractivity contribution in [3.8, 4) is 0 Å². The summed E-state index contributed by atoms with van der Waals surface area (Å²) < 4.78 is 0. The maximum Gasteiger partial charge on any atom is 0.193 e. The number of thioether (sulfide) groups is 1. The molecular weight excluding hydrogens is 324 g/mol. The fraction of sp³-hybridized carbons (Fsp3) is 0.765. The smallest absolute Gasteiger partial charge is 0.193 e. The van der Waals surface area contributed by atoms with Gasteiger partial charge < -0.3 is 10.2 Å². The first-order chi connectivity index (χ1) is 11.0. The van der Waals surface area contributed by atoms with Crippen LogP contribution in [0.4, 0.5) is 0 Å². The third-order valence-electron chi connectivity index (χ3n) is 4.08. The molecule has 1 aliphatic rings. The van der Waals surface area contributed by atoms with Crippen LogP contribution < -0.4 is 5.32 Å². The topological polar surface area (TPSA) is 40.5 Å². The van der Waals surface area contributed by atoms with Gasteiger partial charge in [-0.2, -0.15) is 11.8 Å². The van der Waals surface area contributed by atoms with Gasteiger partial charge in [0.1, 0.15) is 0 Å². The first-order valence-electron chi connectivity index (χ1n) is 8.52. The molecule has 1 aromatic heterocycles. The first kappa shape index (κ1) is 18.6. The molecule has 1 aromatic rings. The Bertz CT molecular complexity index is 510. The molecule has 130 valence electrons. The number of thiazole rings is 1. The van der Waals surface area contributed by atoms with Gasteiger partial charge in [0.05, 0.1) is 10.7 Å². The molecule has 0 aliphatic carbocycles. The van der Waals surface area contributed by atoms with Gasteiger partial charge in [0, 0.05) is 55.4 Å². The van der Waals surface area contributed by atoms with Crippen molar-refractivity contribution in [2.45, 2.75) is 45.3 Å². The van der Waals surface area contributed by atoms with Gasteiger partial charge in [-0.25, -0.2) is 4.98 Å². The van der Waals surface area contributed by atoms with Crippen molar-refractivity contribution >= 4 is 29.1 Å². The molecule has 4 nitrogen and oxygen atoms in total. The van der Waals surface area contributed by atoms with Gasteiger partial charge in [-0.15, -0.1) is 11.3 Å². The van der Waals surface area contributed by atoms with E-state index in [0.29, 0.717) is 17.1 Å². The average molecular weight is 355 g/mol. The van der Waals surface area contributed by atoms with E-state index in [-0.39, 0.29) is 0 Å². The lowest BCUT2D eigenvalue weighted by Gasteiger charge is -2.36. The fourth-order valence-corrected chi connectivity index (χ4v) is 4.78. The average Bonchev–Trinajstić information content (AvgIpc) is 3.01. The van der Waals surface area contributed by atoms with Crippen LogP contribution in [-0.4, -0.2) is 53.5 Å². The standard InChI is InChI=1S/C17H30N4S2/c1-12(2)15-10-21(8-9-22-15)17(18-5)19-7-6-14-11-23-16(20-14)13(3)4/h11-13,15H,6-10H2,1-5H3,(H,18,19). The highest BCUT2D eigenvalue weighted by Gasteiger charge is 2.24. The van der Waals surface area contributed by atoms with Crippen molar-refractivity contribution in [2.75, 3.05) is 32.4 Å². The number of hydrogen-bond acceptors (Lipinski definition) is 4. The van der Waals surface area contributed by atoms with Gasteiger partial charge in [-0.1, -0.05) is 27.7 Å². The summed E-state index contributed by atoms with van der Waals surface area (Å²) in [4.78, 5) is 11.6. The number of nitrogens with zero attached hydrogens (tertiary/aromatic N) is 3. The van der Waals surface area contributed by atoms with E-state index in [1.54, 1.807) is 11.3 Å². The Kier molecular flexibility index (Phi) is 7.21. The van der Waals surface area contributed by atoms with E-state index in [9.17, 15) is 0 Å². The number of aromatic nitrogens is 1. The van der Waals surface area contributed by atoms with Crippen LogP contribution in [0.3, 0.4) is 0 Å². The predicted molar refractivity (Wildman–Crippen MR) is 104 cm³/mol. The Morgan fingerprint density at radius 1 is 1.43 bits per heavy atom. The van der Waals surface area contributed by atoms with Gasteiger partial charge in [-0.3, -0.25) is 4.99 Å². The van der Waals surface area contributed by atoms with E-state index in [1.807, 2.05) is 7.05 Å². The lowest BCUT2D eigenvalue weighted by molar-refractivity contribution is 0.381. The molecule has 6 heteroatoms. The van der Waals surface area contributed by atoms with Crippen molar-refractivity contribution < 1.29 is 0 Å². The first-order valence-corrected chi connectivity index (χ1v) is 10.5. The molecule has 2 rings (SSSR count). The minimum atomic E-state index is 0.522. The van der Waals surface area contributed by atoms with Crippen LogP contribution in [0.15, 0.2) is 10.4 Å². The predicted octanol–water partition coefficient (Wildman–Crippen LogP) is 3.46. The van der Waals surface area contributed by atoms with Gasteiger partial charge in [0.15, 0.2) is 5.96 Å². The maximum atomic E-state index is 4.70. The molecule has 2 heterocycles. The largest absolute Gasteiger partial charge is 0.356 e. The molecule has 1 unspecified atom stereocenters. The molecule has 0 amide bonds. The Morgan fingerprint density at radius 3 is 2.83 bits per heavy atom. The normalized spacial score (nSPS) is 19.7. The van der Waals surface area contributed by atoms with Crippen LogP contribution in [0.1, 0.15) is 44.3 Å². The molecule has 1 N–H and O–H groups in total. The van der Waals surface area contributed by atoms with Crippen LogP contribution in [0, 0.1) is 5.92 Å². The highest BCUT2D eigenvalue weighted by molar-refractivity contribution is 8.00. The number of aliphatic imine (C=N–C) groups is 1. The molecule has 1 atom stereocenters. The zero-order valence-electron chi connectivity index (χ0n) is 15.0. The van der Waals surface area contributed by atoms with Crippen LogP contribution in [-0.2, 0) is 6.42 Å². The van der Waals surface area contributed by atoms with Crippen LogP contribution in [0.25, 0.3) is 0 Å². The van der Waals surface area contributed by atoms with E-state index in [0.717, 1.165) is 32.0 Å².